The van der Waals surface area contributed by atoms with Crippen LogP contribution in [0.5, 0.6) is 0 Å². The fourth-order valence-corrected chi connectivity index (χ4v) is 2.40. The Balaban J connectivity index is 2.54. The van der Waals surface area contributed by atoms with Gasteiger partial charge < -0.3 is 9.94 Å². The highest BCUT2D eigenvalue weighted by molar-refractivity contribution is 8.79. The summed E-state index contributed by atoms with van der Waals surface area (Å²) in [5.74, 6) is 0. The molecule has 12 heavy (non-hydrogen) atoms. The van der Waals surface area contributed by atoms with Crippen LogP contribution in [0, 0.1) is 0 Å². The third-order valence-electron chi connectivity index (χ3n) is 1.12. The minimum Gasteiger partial charge on any atom is -0.399 e. The second-order valence-corrected chi connectivity index (χ2v) is 4.27. The van der Waals surface area contributed by atoms with Gasteiger partial charge in [-0.25, -0.2) is 0 Å². The van der Waals surface area contributed by atoms with E-state index in [0.29, 0.717) is 0 Å². The monoisotopic (exact) mass is 203 g/mol. The van der Waals surface area contributed by atoms with E-state index in [1.54, 1.807) is 17.0 Å². The van der Waals surface area contributed by atoms with Crippen molar-refractivity contribution < 1.29 is 9.94 Å². The molecule has 3 nitrogen and oxygen atoms in total. The highest BCUT2D eigenvalue weighted by atomic mass is 33.1. The van der Waals surface area contributed by atoms with Gasteiger partial charge in [-0.3, -0.25) is 0 Å². The molecule has 0 aliphatic carbocycles. The predicted molar refractivity (Wildman–Crippen MR) is 53.9 cm³/mol. The van der Waals surface area contributed by atoms with Crippen LogP contribution in [0.25, 0.3) is 0 Å². The lowest BCUT2D eigenvalue weighted by atomic mass is 10.4. The van der Waals surface area contributed by atoms with Gasteiger partial charge in [0.1, 0.15) is 7.11 Å². The summed E-state index contributed by atoms with van der Waals surface area (Å²) in [5, 5.41) is 12.4. The number of allylic oxidation sites excluding steroid dienone is 3. The topological polar surface area (TPSA) is 41.8 Å². The average molecular weight is 203 g/mol. The molecule has 0 aromatic rings. The van der Waals surface area contributed by atoms with E-state index in [9.17, 15) is 0 Å². The van der Waals surface area contributed by atoms with Crippen molar-refractivity contribution in [2.75, 3.05) is 13.7 Å². The Labute approximate surface area is 78.9 Å². The second kappa shape index (κ2) is 5.29. The maximum absolute atomic E-state index is 8.76. The van der Waals surface area contributed by atoms with Crippen LogP contribution in [-0.2, 0) is 4.84 Å². The molecule has 0 aromatic carbocycles. The van der Waals surface area contributed by atoms with Gasteiger partial charge in [-0.15, -0.1) is 0 Å². The van der Waals surface area contributed by atoms with Crippen molar-refractivity contribution in [2.24, 2.45) is 5.16 Å². The molecule has 0 fully saturated rings. The molecule has 0 amide bonds. The fraction of sp³-hybridized carbons (Fsp3) is 0.286. The summed E-state index contributed by atoms with van der Waals surface area (Å²) in [4.78, 5) is 6.50. The van der Waals surface area contributed by atoms with Gasteiger partial charge in [-0.05, 0) is 12.2 Å². The van der Waals surface area contributed by atoms with E-state index in [2.05, 4.69) is 9.99 Å². The zero-order valence-electron chi connectivity index (χ0n) is 6.56. The quantitative estimate of drug-likeness (QED) is 0.431. The Bertz CT molecular complexity index is 236. The zero-order chi connectivity index (χ0) is 8.81. The van der Waals surface area contributed by atoms with E-state index in [4.69, 9.17) is 5.11 Å². The highest BCUT2D eigenvalue weighted by Crippen LogP contribution is 2.38. The number of nitrogens with zero attached hydrogens (tertiary/aromatic N) is 1. The largest absolute Gasteiger partial charge is 0.399 e. The molecular weight excluding hydrogens is 194 g/mol. The van der Waals surface area contributed by atoms with E-state index in [-0.39, 0.29) is 6.61 Å². The van der Waals surface area contributed by atoms with Crippen molar-refractivity contribution in [1.29, 1.82) is 0 Å². The number of aliphatic hydroxyl groups excluding tert-OH is 1. The number of aliphatic hydroxyl groups is 1. The van der Waals surface area contributed by atoms with Crippen molar-refractivity contribution in [3.8, 4) is 0 Å². The maximum atomic E-state index is 8.76. The molecule has 0 bridgehead atoms. The smallest absolute Gasteiger partial charge is 0.106 e. The molecular formula is C7H9NO2S2. The summed E-state index contributed by atoms with van der Waals surface area (Å²) in [7, 11) is 4.60. The van der Waals surface area contributed by atoms with E-state index < -0.39 is 0 Å². The first-order valence-electron chi connectivity index (χ1n) is 3.29. The third-order valence-corrected chi connectivity index (χ3v) is 3.59. The first-order chi connectivity index (χ1) is 5.86. The third kappa shape index (κ3) is 2.92. The van der Waals surface area contributed by atoms with E-state index in [1.807, 2.05) is 12.2 Å². The average Bonchev–Trinajstić information content (AvgIpc) is 2.15. The van der Waals surface area contributed by atoms with Crippen molar-refractivity contribution in [3.63, 3.8) is 0 Å². The fourth-order valence-electron chi connectivity index (χ4n) is 0.581. The maximum Gasteiger partial charge on any atom is 0.106 e. The summed E-state index contributed by atoms with van der Waals surface area (Å²) < 4.78 is 0. The van der Waals surface area contributed by atoms with Gasteiger partial charge in [0.05, 0.1) is 12.8 Å². The summed E-state index contributed by atoms with van der Waals surface area (Å²) in [6.07, 6.45) is 5.41. The second-order valence-electron chi connectivity index (χ2n) is 1.94. The Morgan fingerprint density at radius 1 is 1.58 bits per heavy atom. The molecule has 5 heteroatoms. The normalized spacial score (nSPS) is 17.5. The number of hydrogen-bond donors (Lipinski definition) is 1. The van der Waals surface area contributed by atoms with Gasteiger partial charge in [-0.1, -0.05) is 26.7 Å². The lowest BCUT2D eigenvalue weighted by molar-refractivity contribution is 0.215. The van der Waals surface area contributed by atoms with E-state index in [1.165, 1.54) is 17.9 Å². The van der Waals surface area contributed by atoms with Crippen molar-refractivity contribution >= 4 is 27.8 Å². The van der Waals surface area contributed by atoms with Gasteiger partial charge in [-0.2, -0.15) is 0 Å². The molecule has 0 atom stereocenters. The molecule has 1 heterocycles. The van der Waals surface area contributed by atoms with Gasteiger partial charge >= 0.3 is 0 Å². The molecule has 0 saturated carbocycles. The van der Waals surface area contributed by atoms with Crippen LogP contribution < -0.4 is 0 Å². The number of rotatable bonds is 3. The molecule has 1 rings (SSSR count). The lowest BCUT2D eigenvalue weighted by Gasteiger charge is -2.06. The lowest BCUT2D eigenvalue weighted by Crippen LogP contribution is -1.88. The van der Waals surface area contributed by atoms with E-state index in [0.717, 1.165) is 9.81 Å². The Morgan fingerprint density at radius 3 is 2.92 bits per heavy atom. The van der Waals surface area contributed by atoms with Crippen LogP contribution in [0.3, 0.4) is 0 Å². The van der Waals surface area contributed by atoms with Crippen LogP contribution in [0.2, 0.25) is 0 Å². The van der Waals surface area contributed by atoms with Crippen LogP contribution in [0.15, 0.2) is 27.1 Å². The van der Waals surface area contributed by atoms with Crippen LogP contribution >= 0.6 is 21.6 Å². The van der Waals surface area contributed by atoms with Gasteiger partial charge in [0.2, 0.25) is 0 Å². The molecule has 0 spiro atoms. The minimum absolute atomic E-state index is 0.100. The molecule has 66 valence electrons. The van der Waals surface area contributed by atoms with E-state index >= 15 is 0 Å². The molecule has 0 unspecified atom stereocenters. The SMILES string of the molecule is CO/N=C/C1=CC=C(CO)SS1. The summed E-state index contributed by atoms with van der Waals surface area (Å²) >= 11 is 0. The van der Waals surface area contributed by atoms with Crippen molar-refractivity contribution in [2.45, 2.75) is 0 Å². The summed E-state index contributed by atoms with van der Waals surface area (Å²) in [6.45, 7) is 0.100. The standard InChI is InChI=1S/C7H9NO2S2/c1-10-8-4-6-2-3-7(5-9)12-11-6/h2-4,9H,5H2,1H3/b8-4+. The highest BCUT2D eigenvalue weighted by Gasteiger charge is 2.04. The van der Waals surface area contributed by atoms with Crippen molar-refractivity contribution in [1.82, 2.24) is 0 Å². The van der Waals surface area contributed by atoms with Crippen LogP contribution in [0.1, 0.15) is 0 Å². The summed E-state index contributed by atoms with van der Waals surface area (Å²) in [5.41, 5.74) is 0. The Morgan fingerprint density at radius 2 is 2.42 bits per heavy atom. The predicted octanol–water partition coefficient (Wildman–Crippen LogP) is 1.77. The molecule has 1 N–H and O–H groups in total. The molecule has 1 aliphatic heterocycles. The van der Waals surface area contributed by atoms with Gasteiger partial charge in [0, 0.05) is 9.81 Å². The summed E-state index contributed by atoms with van der Waals surface area (Å²) in [6, 6.07) is 0. The first kappa shape index (κ1) is 9.70. The Kier molecular flexibility index (Phi) is 4.27. The Hall–Kier alpha value is -0.390. The van der Waals surface area contributed by atoms with Crippen LogP contribution in [0.4, 0.5) is 0 Å². The van der Waals surface area contributed by atoms with Gasteiger partial charge in [0.25, 0.3) is 0 Å². The van der Waals surface area contributed by atoms with Gasteiger partial charge in [0.15, 0.2) is 0 Å². The van der Waals surface area contributed by atoms with Crippen LogP contribution in [-0.4, -0.2) is 25.0 Å². The molecule has 0 aromatic heterocycles. The molecule has 0 saturated heterocycles. The zero-order valence-corrected chi connectivity index (χ0v) is 8.19. The first-order valence-corrected chi connectivity index (χ1v) is 5.44. The number of hydrogen-bond acceptors (Lipinski definition) is 5. The minimum atomic E-state index is 0.100. The van der Waals surface area contributed by atoms with Crippen molar-refractivity contribution in [3.05, 3.63) is 22.0 Å². The molecule has 0 radical (unpaired) electrons. The number of oxime groups is 1. The molecule has 1 aliphatic rings.